The minimum Gasteiger partial charge on any atom is -0.463 e. The van der Waals surface area contributed by atoms with Crippen LogP contribution in [0.3, 0.4) is 0 Å². The second kappa shape index (κ2) is 4.88. The van der Waals surface area contributed by atoms with E-state index in [1.165, 1.54) is 0 Å². The number of hydrogen-bond donors (Lipinski definition) is 1. The van der Waals surface area contributed by atoms with E-state index in [1.807, 2.05) is 12.1 Å². The predicted octanol–water partition coefficient (Wildman–Crippen LogP) is 3.19. The first-order valence-corrected chi connectivity index (χ1v) is 6.50. The van der Waals surface area contributed by atoms with Crippen molar-refractivity contribution in [3.63, 3.8) is 0 Å². The van der Waals surface area contributed by atoms with Crippen molar-refractivity contribution in [2.45, 2.75) is 11.9 Å². The number of rotatable bonds is 3. The van der Waals surface area contributed by atoms with E-state index >= 15 is 0 Å². The molecule has 4 nitrogen and oxygen atoms in total. The lowest BCUT2D eigenvalue weighted by molar-refractivity contribution is 0.579. The first kappa shape index (κ1) is 11.5. The van der Waals surface area contributed by atoms with Crippen LogP contribution in [0, 0.1) is 0 Å². The minimum absolute atomic E-state index is 0.255. The van der Waals surface area contributed by atoms with Gasteiger partial charge in [-0.2, -0.15) is 0 Å². The number of nitrogens with zero attached hydrogens (tertiary/aromatic N) is 2. The molecule has 2 aromatic heterocycles. The van der Waals surface area contributed by atoms with Crippen LogP contribution >= 0.6 is 27.7 Å². The Kier molecular flexibility index (Phi) is 3.50. The summed E-state index contributed by atoms with van der Waals surface area (Å²) >= 11 is 5.08. The second-order valence-electron chi connectivity index (χ2n) is 2.96. The van der Waals surface area contributed by atoms with Gasteiger partial charge in [0.15, 0.2) is 5.76 Å². The molecular formula is C10H10BrN3OS. The van der Waals surface area contributed by atoms with E-state index in [9.17, 15) is 0 Å². The Hall–Kier alpha value is -1.01. The zero-order valence-corrected chi connectivity index (χ0v) is 11.0. The highest BCUT2D eigenvalue weighted by Gasteiger charge is 2.14. The van der Waals surface area contributed by atoms with Crippen LogP contribution in [0.1, 0.15) is 6.92 Å². The van der Waals surface area contributed by atoms with E-state index in [-0.39, 0.29) is 5.95 Å². The Morgan fingerprint density at radius 3 is 2.94 bits per heavy atom. The number of nitrogen functional groups attached to an aromatic ring is 1. The summed E-state index contributed by atoms with van der Waals surface area (Å²) in [6.45, 7) is 2.06. The van der Waals surface area contributed by atoms with Gasteiger partial charge in [-0.05, 0) is 33.8 Å². The fourth-order valence-corrected chi connectivity index (χ4v) is 2.62. The van der Waals surface area contributed by atoms with Gasteiger partial charge in [-0.15, -0.1) is 11.8 Å². The molecule has 0 aliphatic rings. The molecule has 2 aromatic rings. The third kappa shape index (κ3) is 2.22. The number of furan rings is 1. The van der Waals surface area contributed by atoms with E-state index in [0.717, 1.165) is 15.3 Å². The van der Waals surface area contributed by atoms with Crippen LogP contribution in [0.25, 0.3) is 11.5 Å². The van der Waals surface area contributed by atoms with Crippen LogP contribution in [-0.2, 0) is 0 Å². The van der Waals surface area contributed by atoms with Gasteiger partial charge < -0.3 is 10.2 Å². The predicted molar refractivity (Wildman–Crippen MR) is 68.2 cm³/mol. The minimum atomic E-state index is 0.255. The molecule has 2 rings (SSSR count). The Labute approximate surface area is 106 Å². The fourth-order valence-electron chi connectivity index (χ4n) is 1.25. The molecule has 0 aromatic carbocycles. The molecule has 0 saturated heterocycles. The van der Waals surface area contributed by atoms with Crippen LogP contribution in [0.2, 0.25) is 0 Å². The van der Waals surface area contributed by atoms with Crippen molar-refractivity contribution >= 4 is 33.6 Å². The van der Waals surface area contributed by atoms with Crippen molar-refractivity contribution in [1.29, 1.82) is 0 Å². The van der Waals surface area contributed by atoms with Crippen molar-refractivity contribution < 1.29 is 4.42 Å². The van der Waals surface area contributed by atoms with Crippen molar-refractivity contribution in [2.24, 2.45) is 0 Å². The molecule has 0 atom stereocenters. The summed E-state index contributed by atoms with van der Waals surface area (Å²) < 4.78 is 6.13. The summed E-state index contributed by atoms with van der Waals surface area (Å²) in [6, 6.07) is 3.65. The molecular weight excluding hydrogens is 290 g/mol. The van der Waals surface area contributed by atoms with Crippen LogP contribution < -0.4 is 5.73 Å². The number of anilines is 1. The SMILES string of the molecule is CCSc1nc(N)nc(-c2ccco2)c1Br. The topological polar surface area (TPSA) is 64.9 Å². The van der Waals surface area contributed by atoms with Crippen molar-refractivity contribution in [1.82, 2.24) is 9.97 Å². The molecule has 0 amide bonds. The number of aromatic nitrogens is 2. The van der Waals surface area contributed by atoms with Crippen LogP contribution in [-0.4, -0.2) is 15.7 Å². The maximum atomic E-state index is 5.67. The van der Waals surface area contributed by atoms with Gasteiger partial charge in [0.2, 0.25) is 5.95 Å². The second-order valence-corrected chi connectivity index (χ2v) is 5.01. The monoisotopic (exact) mass is 299 g/mol. The van der Waals surface area contributed by atoms with E-state index in [0.29, 0.717) is 11.5 Å². The largest absolute Gasteiger partial charge is 0.463 e. The highest BCUT2D eigenvalue weighted by molar-refractivity contribution is 9.10. The molecule has 16 heavy (non-hydrogen) atoms. The van der Waals surface area contributed by atoms with Gasteiger partial charge in [0.1, 0.15) is 10.7 Å². The molecule has 84 valence electrons. The molecule has 2 N–H and O–H groups in total. The van der Waals surface area contributed by atoms with Gasteiger partial charge in [-0.25, -0.2) is 9.97 Å². The maximum Gasteiger partial charge on any atom is 0.221 e. The molecule has 0 aliphatic heterocycles. The lowest BCUT2D eigenvalue weighted by Gasteiger charge is -2.06. The van der Waals surface area contributed by atoms with Crippen LogP contribution in [0.5, 0.6) is 0 Å². The number of halogens is 1. The van der Waals surface area contributed by atoms with Crippen molar-refractivity contribution in [3.8, 4) is 11.5 Å². The third-order valence-corrected chi connectivity index (χ3v) is 3.74. The van der Waals surface area contributed by atoms with Crippen LogP contribution in [0.15, 0.2) is 32.3 Å². The summed E-state index contributed by atoms with van der Waals surface area (Å²) in [6.07, 6.45) is 1.60. The average molecular weight is 300 g/mol. The number of nitrogens with two attached hydrogens (primary N) is 1. The van der Waals surface area contributed by atoms with E-state index in [4.69, 9.17) is 10.2 Å². The normalized spacial score (nSPS) is 10.6. The molecule has 0 saturated carbocycles. The highest BCUT2D eigenvalue weighted by Crippen LogP contribution is 2.34. The van der Waals surface area contributed by atoms with Gasteiger partial charge in [0.25, 0.3) is 0 Å². The van der Waals surface area contributed by atoms with Gasteiger partial charge >= 0.3 is 0 Å². The zero-order chi connectivity index (χ0) is 11.5. The standard InChI is InChI=1S/C10H10BrN3OS/c1-2-16-9-7(11)8(13-10(12)14-9)6-4-3-5-15-6/h3-5H,2H2,1H3,(H2,12,13,14). The summed E-state index contributed by atoms with van der Waals surface area (Å²) in [5, 5.41) is 0.835. The zero-order valence-electron chi connectivity index (χ0n) is 8.61. The average Bonchev–Trinajstić information content (AvgIpc) is 2.76. The quantitative estimate of drug-likeness (QED) is 0.696. The molecule has 0 aliphatic carbocycles. The van der Waals surface area contributed by atoms with E-state index in [1.54, 1.807) is 18.0 Å². The first-order valence-electron chi connectivity index (χ1n) is 4.72. The molecule has 0 bridgehead atoms. The molecule has 0 unspecified atom stereocenters. The highest BCUT2D eigenvalue weighted by atomic mass is 79.9. The lowest BCUT2D eigenvalue weighted by Crippen LogP contribution is -1.99. The van der Waals surface area contributed by atoms with Gasteiger partial charge in [-0.3, -0.25) is 0 Å². The summed E-state index contributed by atoms with van der Waals surface area (Å²) in [5.41, 5.74) is 6.35. The van der Waals surface area contributed by atoms with Gasteiger partial charge in [0, 0.05) is 0 Å². The third-order valence-electron chi connectivity index (χ3n) is 1.87. The number of thioether (sulfide) groups is 1. The molecule has 6 heteroatoms. The maximum absolute atomic E-state index is 5.67. The summed E-state index contributed by atoms with van der Waals surface area (Å²) in [7, 11) is 0. The molecule has 0 fully saturated rings. The summed E-state index contributed by atoms with van der Waals surface area (Å²) in [5.74, 6) is 1.86. The lowest BCUT2D eigenvalue weighted by atomic mass is 10.3. The molecule has 0 spiro atoms. The van der Waals surface area contributed by atoms with Gasteiger partial charge in [0.05, 0.1) is 10.7 Å². The molecule has 0 radical (unpaired) electrons. The van der Waals surface area contributed by atoms with E-state index < -0.39 is 0 Å². The van der Waals surface area contributed by atoms with Gasteiger partial charge in [-0.1, -0.05) is 6.92 Å². The Balaban J connectivity index is 2.53. The van der Waals surface area contributed by atoms with Crippen LogP contribution in [0.4, 0.5) is 5.95 Å². The summed E-state index contributed by atoms with van der Waals surface area (Å²) in [4.78, 5) is 8.34. The Morgan fingerprint density at radius 2 is 2.31 bits per heavy atom. The first-order chi connectivity index (χ1) is 7.72. The van der Waals surface area contributed by atoms with E-state index in [2.05, 4.69) is 32.8 Å². The van der Waals surface area contributed by atoms with Crippen molar-refractivity contribution in [3.05, 3.63) is 22.9 Å². The van der Waals surface area contributed by atoms with Crippen molar-refractivity contribution in [2.75, 3.05) is 11.5 Å². The number of hydrogen-bond acceptors (Lipinski definition) is 5. The Morgan fingerprint density at radius 1 is 1.50 bits per heavy atom. The Bertz CT molecular complexity index is 487. The smallest absolute Gasteiger partial charge is 0.221 e. The fraction of sp³-hybridized carbons (Fsp3) is 0.200. The molecule has 2 heterocycles.